The third-order valence-electron chi connectivity index (χ3n) is 3.25. The Hall–Kier alpha value is -2.21. The summed E-state index contributed by atoms with van der Waals surface area (Å²) >= 11 is 5.20. The number of nitrogens with zero attached hydrogens (tertiary/aromatic N) is 2. The number of anilines is 2. The van der Waals surface area contributed by atoms with Crippen molar-refractivity contribution in [2.24, 2.45) is 0 Å². The van der Waals surface area contributed by atoms with Gasteiger partial charge in [0.2, 0.25) is 0 Å². The zero-order valence-corrected chi connectivity index (χ0v) is 11.8. The molecule has 2 aromatic rings. The van der Waals surface area contributed by atoms with E-state index in [1.807, 2.05) is 23.6 Å². The minimum atomic E-state index is -0.180. The number of nitrogens with one attached hydrogen (secondary N) is 2. The highest BCUT2D eigenvalue weighted by Gasteiger charge is 2.17. The van der Waals surface area contributed by atoms with Crippen LogP contribution in [0.1, 0.15) is 15.9 Å². The van der Waals surface area contributed by atoms with Gasteiger partial charge >= 0.3 is 0 Å². The van der Waals surface area contributed by atoms with Gasteiger partial charge in [0.25, 0.3) is 5.91 Å². The average Bonchev–Trinajstić information content (AvgIpc) is 2.91. The lowest BCUT2D eigenvalue weighted by Crippen LogP contribution is -2.14. The van der Waals surface area contributed by atoms with Gasteiger partial charge in [-0.15, -0.1) is 0 Å². The Morgan fingerprint density at radius 2 is 2.15 bits per heavy atom. The minimum absolute atomic E-state index is 0.180. The van der Waals surface area contributed by atoms with Crippen molar-refractivity contribution in [2.45, 2.75) is 13.5 Å². The van der Waals surface area contributed by atoms with Gasteiger partial charge in [0.05, 0.1) is 6.33 Å². The van der Waals surface area contributed by atoms with Crippen LogP contribution in [0.15, 0.2) is 30.6 Å². The highest BCUT2D eigenvalue weighted by atomic mass is 32.1. The van der Waals surface area contributed by atoms with Crippen LogP contribution in [0.5, 0.6) is 0 Å². The number of aryl methyl sites for hydroxylation is 1. The largest absolute Gasteiger partial charge is 0.368 e. The van der Waals surface area contributed by atoms with Crippen LogP contribution in [0.4, 0.5) is 11.5 Å². The van der Waals surface area contributed by atoms with E-state index in [9.17, 15) is 4.79 Å². The van der Waals surface area contributed by atoms with Gasteiger partial charge in [-0.25, -0.2) is 4.98 Å². The van der Waals surface area contributed by atoms with Crippen LogP contribution in [-0.2, 0) is 6.54 Å². The third-order valence-corrected chi connectivity index (χ3v) is 3.56. The smallest absolute Gasteiger partial charge is 0.255 e. The van der Waals surface area contributed by atoms with Crippen molar-refractivity contribution in [3.05, 3.63) is 46.4 Å². The first-order valence-electron chi connectivity index (χ1n) is 6.36. The second-order valence-corrected chi connectivity index (χ2v) is 5.10. The van der Waals surface area contributed by atoms with E-state index < -0.39 is 0 Å². The number of carbonyl (C=O) groups is 1. The van der Waals surface area contributed by atoms with Crippen LogP contribution >= 0.6 is 12.2 Å². The molecule has 0 saturated heterocycles. The molecular weight excluding hydrogens is 272 g/mol. The lowest BCUT2D eigenvalue weighted by Gasteiger charge is -2.11. The Morgan fingerprint density at radius 1 is 1.40 bits per heavy atom. The number of aromatic nitrogens is 2. The molecule has 1 aliphatic heterocycles. The lowest BCUT2D eigenvalue weighted by molar-refractivity contribution is 0.102. The van der Waals surface area contributed by atoms with Gasteiger partial charge in [0.1, 0.15) is 11.5 Å². The fraction of sp³-hybridized carbons (Fsp3) is 0.214. The molecule has 0 aliphatic carbocycles. The van der Waals surface area contributed by atoms with Crippen LogP contribution in [0, 0.1) is 11.6 Å². The van der Waals surface area contributed by atoms with Gasteiger partial charge < -0.3 is 15.2 Å². The second kappa shape index (κ2) is 5.05. The van der Waals surface area contributed by atoms with Crippen molar-refractivity contribution < 1.29 is 4.79 Å². The summed E-state index contributed by atoms with van der Waals surface area (Å²) in [5.41, 5.74) is 2.29. The first-order chi connectivity index (χ1) is 9.65. The number of rotatable bonds is 2. The van der Waals surface area contributed by atoms with Crippen molar-refractivity contribution in [2.75, 3.05) is 17.2 Å². The number of hydrogen-bond acceptors (Lipinski definition) is 4. The van der Waals surface area contributed by atoms with E-state index in [4.69, 9.17) is 12.2 Å². The maximum Gasteiger partial charge on any atom is 0.255 e. The molecule has 1 aromatic heterocycles. The number of carbonyl (C=O) groups excluding carboxylic acids is 1. The molecule has 2 N–H and O–H groups in total. The highest BCUT2D eigenvalue weighted by Crippen LogP contribution is 2.25. The Bertz CT molecular complexity index is 721. The van der Waals surface area contributed by atoms with Crippen LogP contribution in [-0.4, -0.2) is 22.0 Å². The van der Waals surface area contributed by atoms with Crippen molar-refractivity contribution in [1.82, 2.24) is 9.55 Å². The van der Waals surface area contributed by atoms with E-state index in [0.717, 1.165) is 24.5 Å². The number of amides is 1. The van der Waals surface area contributed by atoms with Gasteiger partial charge in [-0.3, -0.25) is 4.79 Å². The Balaban J connectivity index is 1.92. The van der Waals surface area contributed by atoms with E-state index in [1.54, 1.807) is 18.5 Å². The molecule has 0 radical (unpaired) electrons. The molecule has 0 unspecified atom stereocenters. The van der Waals surface area contributed by atoms with E-state index in [1.165, 1.54) is 0 Å². The molecule has 102 valence electrons. The predicted octanol–water partition coefficient (Wildman–Crippen LogP) is 2.60. The summed E-state index contributed by atoms with van der Waals surface area (Å²) < 4.78 is 2.34. The van der Waals surface area contributed by atoms with Crippen molar-refractivity contribution >= 4 is 29.6 Å². The normalized spacial score (nSPS) is 12.7. The molecule has 6 heteroatoms. The minimum Gasteiger partial charge on any atom is -0.368 e. The molecule has 0 fully saturated rings. The van der Waals surface area contributed by atoms with Crippen molar-refractivity contribution in [3.8, 4) is 0 Å². The first kappa shape index (κ1) is 12.8. The Kier molecular flexibility index (Phi) is 3.23. The maximum atomic E-state index is 12.3. The SMILES string of the molecule is Cc1ccc(C(=O)Nc2c3n(cnc2=S)CCN3)cc1. The fourth-order valence-electron chi connectivity index (χ4n) is 2.15. The quantitative estimate of drug-likeness (QED) is 0.833. The van der Waals surface area contributed by atoms with E-state index in [0.29, 0.717) is 15.9 Å². The number of benzene rings is 1. The summed E-state index contributed by atoms with van der Waals surface area (Å²) in [5.74, 6) is 0.645. The maximum absolute atomic E-state index is 12.3. The summed E-state index contributed by atoms with van der Waals surface area (Å²) in [7, 11) is 0. The predicted molar refractivity (Wildman–Crippen MR) is 80.7 cm³/mol. The zero-order valence-electron chi connectivity index (χ0n) is 11.0. The second-order valence-electron chi connectivity index (χ2n) is 4.71. The van der Waals surface area contributed by atoms with Crippen LogP contribution in [0.2, 0.25) is 0 Å². The Morgan fingerprint density at radius 3 is 2.90 bits per heavy atom. The van der Waals surface area contributed by atoms with Gasteiger partial charge in [-0.05, 0) is 19.1 Å². The summed E-state index contributed by atoms with van der Waals surface area (Å²) in [5, 5.41) is 6.07. The summed E-state index contributed by atoms with van der Waals surface area (Å²) in [6.07, 6.45) is 1.69. The molecule has 0 saturated carbocycles. The first-order valence-corrected chi connectivity index (χ1v) is 6.77. The number of hydrogen-bond donors (Lipinski definition) is 2. The molecule has 5 nitrogen and oxygen atoms in total. The number of fused-ring (bicyclic) bond motifs is 1. The third kappa shape index (κ3) is 2.30. The van der Waals surface area contributed by atoms with Gasteiger partial charge in [0, 0.05) is 18.7 Å². The van der Waals surface area contributed by atoms with Crippen LogP contribution in [0.3, 0.4) is 0 Å². The molecular formula is C14H14N4OS. The standard InChI is InChI=1S/C14H14N4OS/c1-9-2-4-10(5-3-9)13(19)17-11-12-15-6-7-18(12)8-16-14(11)20/h2-5,8,15H,6-7H2,1H3,(H,17,19). The molecule has 1 amide bonds. The highest BCUT2D eigenvalue weighted by molar-refractivity contribution is 7.71. The molecule has 1 aliphatic rings. The van der Waals surface area contributed by atoms with Crippen LogP contribution in [0.25, 0.3) is 0 Å². The van der Waals surface area contributed by atoms with Gasteiger partial charge in [-0.2, -0.15) is 0 Å². The van der Waals surface area contributed by atoms with E-state index in [2.05, 4.69) is 15.6 Å². The molecule has 2 heterocycles. The molecule has 0 bridgehead atoms. The van der Waals surface area contributed by atoms with Gasteiger partial charge in [-0.1, -0.05) is 29.9 Å². The van der Waals surface area contributed by atoms with E-state index in [-0.39, 0.29) is 5.91 Å². The lowest BCUT2D eigenvalue weighted by atomic mass is 10.1. The topological polar surface area (TPSA) is 59.0 Å². The average molecular weight is 286 g/mol. The summed E-state index contributed by atoms with van der Waals surface area (Å²) in [6, 6.07) is 7.41. The van der Waals surface area contributed by atoms with Crippen LogP contribution < -0.4 is 10.6 Å². The molecule has 1 aromatic carbocycles. The Labute approximate surface area is 121 Å². The monoisotopic (exact) mass is 286 g/mol. The molecule has 20 heavy (non-hydrogen) atoms. The molecule has 3 rings (SSSR count). The van der Waals surface area contributed by atoms with Gasteiger partial charge in [0.15, 0.2) is 4.64 Å². The summed E-state index contributed by atoms with van der Waals surface area (Å²) in [4.78, 5) is 16.4. The van der Waals surface area contributed by atoms with E-state index >= 15 is 0 Å². The van der Waals surface area contributed by atoms with Crippen molar-refractivity contribution in [3.63, 3.8) is 0 Å². The summed E-state index contributed by atoms with van der Waals surface area (Å²) in [6.45, 7) is 3.62. The zero-order chi connectivity index (χ0) is 14.1. The molecule has 0 atom stereocenters. The van der Waals surface area contributed by atoms with Crippen molar-refractivity contribution in [1.29, 1.82) is 0 Å². The fourth-order valence-corrected chi connectivity index (χ4v) is 2.34. The molecule has 0 spiro atoms.